The molecule has 0 unspecified atom stereocenters. The van der Waals surface area contributed by atoms with Crippen molar-refractivity contribution in [1.29, 1.82) is 0 Å². The van der Waals surface area contributed by atoms with E-state index in [0.29, 0.717) is 13.0 Å². The molecule has 0 saturated carbocycles. The normalized spacial score (nSPS) is 11.3. The number of hydrogen-bond donors (Lipinski definition) is 1. The highest BCUT2D eigenvalue weighted by Gasteiger charge is 2.22. The summed E-state index contributed by atoms with van der Waals surface area (Å²) in [5, 5.41) is 1.19. The average molecular weight is 241 g/mol. The minimum atomic E-state index is -0.526. The van der Waals surface area contributed by atoms with Crippen LogP contribution >= 0.6 is 0 Å². The molecule has 1 amide bonds. The number of ether oxygens (including phenoxy) is 1. The number of carbonyl (C=O) groups excluding carboxylic acids is 1. The van der Waals surface area contributed by atoms with Crippen LogP contribution in [0.2, 0.25) is 0 Å². The molecule has 1 aromatic heterocycles. The van der Waals surface area contributed by atoms with E-state index >= 15 is 0 Å². The number of aromatic amines is 1. The van der Waals surface area contributed by atoms with E-state index in [1.54, 1.807) is 12.5 Å². The first-order valence-corrected chi connectivity index (χ1v) is 5.44. The maximum absolute atomic E-state index is 11.7. The molecule has 6 nitrogen and oxygen atoms in total. The molecule has 17 heavy (non-hydrogen) atoms. The van der Waals surface area contributed by atoms with Crippen LogP contribution in [0, 0.1) is 0 Å². The van der Waals surface area contributed by atoms with Gasteiger partial charge in [0, 0.05) is 18.3 Å². The fourth-order valence-corrected chi connectivity index (χ4v) is 1.21. The molecule has 0 fully saturated rings. The van der Waals surface area contributed by atoms with E-state index in [-0.39, 0.29) is 0 Å². The first-order valence-electron chi connectivity index (χ1n) is 5.44. The number of hydrogen-bond acceptors (Lipinski definition) is 4. The van der Waals surface area contributed by atoms with E-state index in [2.05, 4.69) is 9.97 Å². The third-order valence-electron chi connectivity index (χ3n) is 1.96. The summed E-state index contributed by atoms with van der Waals surface area (Å²) in [6.45, 7) is 5.85. The molecule has 0 spiro atoms. The highest BCUT2D eigenvalue weighted by Crippen LogP contribution is 2.10. The minimum absolute atomic E-state index is 0.410. The number of imidazole rings is 1. The Morgan fingerprint density at radius 3 is 2.71 bits per heavy atom. The van der Waals surface area contributed by atoms with Crippen LogP contribution in [0.4, 0.5) is 4.79 Å². The van der Waals surface area contributed by atoms with Crippen molar-refractivity contribution in [2.45, 2.75) is 32.8 Å². The minimum Gasteiger partial charge on any atom is -0.442 e. The molecule has 0 saturated heterocycles. The summed E-state index contributed by atoms with van der Waals surface area (Å²) in [6.07, 6.45) is 3.45. The molecule has 6 heteroatoms. The zero-order valence-electron chi connectivity index (χ0n) is 10.7. The van der Waals surface area contributed by atoms with Crippen LogP contribution in [0.5, 0.6) is 0 Å². The van der Waals surface area contributed by atoms with E-state index in [4.69, 9.17) is 9.57 Å². The lowest BCUT2D eigenvalue weighted by Crippen LogP contribution is -2.37. The van der Waals surface area contributed by atoms with Gasteiger partial charge in [-0.1, -0.05) is 0 Å². The predicted molar refractivity (Wildman–Crippen MR) is 62.2 cm³/mol. The van der Waals surface area contributed by atoms with E-state index in [0.717, 1.165) is 5.69 Å². The monoisotopic (exact) mass is 241 g/mol. The summed E-state index contributed by atoms with van der Waals surface area (Å²) in [5.74, 6) is 0. The highest BCUT2D eigenvalue weighted by atomic mass is 16.7. The molecule has 0 atom stereocenters. The topological polar surface area (TPSA) is 67.5 Å². The number of nitrogens with one attached hydrogen (secondary N) is 1. The Kier molecular flexibility index (Phi) is 4.51. The lowest BCUT2D eigenvalue weighted by molar-refractivity contribution is -0.123. The molecular formula is C11H19N3O3. The number of nitrogens with zero attached hydrogens (tertiary/aromatic N) is 2. The van der Waals surface area contributed by atoms with Crippen LogP contribution in [0.1, 0.15) is 26.5 Å². The number of H-pyrrole nitrogens is 1. The molecule has 0 aliphatic carbocycles. The fraction of sp³-hybridized carbons (Fsp3) is 0.636. The second-order valence-electron chi connectivity index (χ2n) is 4.59. The third-order valence-corrected chi connectivity index (χ3v) is 1.96. The standard InChI is InChI=1S/C11H19N3O3/c1-11(2,3)17-10(15)14(16-4)6-5-9-7-12-8-13-9/h7-8H,5-6H2,1-4H3,(H,12,13). The van der Waals surface area contributed by atoms with Gasteiger partial charge in [-0.15, -0.1) is 0 Å². The van der Waals surface area contributed by atoms with Crippen molar-refractivity contribution in [3.63, 3.8) is 0 Å². The maximum atomic E-state index is 11.7. The molecule has 96 valence electrons. The molecule has 0 radical (unpaired) electrons. The zero-order valence-corrected chi connectivity index (χ0v) is 10.7. The van der Waals surface area contributed by atoms with Crippen molar-refractivity contribution < 1.29 is 14.4 Å². The summed E-state index contributed by atoms with van der Waals surface area (Å²) in [7, 11) is 1.44. The Morgan fingerprint density at radius 2 is 2.24 bits per heavy atom. The van der Waals surface area contributed by atoms with Gasteiger partial charge in [-0.3, -0.25) is 4.84 Å². The van der Waals surface area contributed by atoms with E-state index in [1.807, 2.05) is 20.8 Å². The summed E-state index contributed by atoms with van der Waals surface area (Å²) in [5.41, 5.74) is 0.414. The van der Waals surface area contributed by atoms with E-state index < -0.39 is 11.7 Å². The summed E-state index contributed by atoms with van der Waals surface area (Å²) >= 11 is 0. The smallest absolute Gasteiger partial charge is 0.434 e. The molecule has 1 heterocycles. The average Bonchev–Trinajstić information content (AvgIpc) is 2.68. The molecule has 1 N–H and O–H groups in total. The van der Waals surface area contributed by atoms with Gasteiger partial charge in [0.1, 0.15) is 5.60 Å². The zero-order chi connectivity index (χ0) is 12.9. The lowest BCUT2D eigenvalue weighted by atomic mass is 10.2. The van der Waals surface area contributed by atoms with Gasteiger partial charge in [-0.25, -0.2) is 9.78 Å². The van der Waals surface area contributed by atoms with Crippen molar-refractivity contribution in [1.82, 2.24) is 15.0 Å². The Labute approximate surface area is 101 Å². The van der Waals surface area contributed by atoms with Gasteiger partial charge in [-0.2, -0.15) is 5.06 Å². The van der Waals surface area contributed by atoms with Crippen molar-refractivity contribution in [2.75, 3.05) is 13.7 Å². The lowest BCUT2D eigenvalue weighted by Gasteiger charge is -2.25. The van der Waals surface area contributed by atoms with Gasteiger partial charge in [-0.05, 0) is 20.8 Å². The molecule has 0 aromatic carbocycles. The Bertz CT molecular complexity index is 343. The van der Waals surface area contributed by atoms with Crippen LogP contribution < -0.4 is 0 Å². The Balaban J connectivity index is 2.45. The van der Waals surface area contributed by atoms with Gasteiger partial charge in [0.15, 0.2) is 0 Å². The number of carbonyl (C=O) groups is 1. The van der Waals surface area contributed by atoms with E-state index in [9.17, 15) is 4.79 Å². The number of aromatic nitrogens is 2. The Morgan fingerprint density at radius 1 is 1.53 bits per heavy atom. The van der Waals surface area contributed by atoms with Crippen LogP contribution in [0.25, 0.3) is 0 Å². The highest BCUT2D eigenvalue weighted by molar-refractivity contribution is 5.66. The van der Waals surface area contributed by atoms with Gasteiger partial charge in [0.25, 0.3) is 0 Å². The molecule has 0 bridgehead atoms. The molecule has 1 aromatic rings. The second kappa shape index (κ2) is 5.67. The van der Waals surface area contributed by atoms with Gasteiger partial charge < -0.3 is 9.72 Å². The number of rotatable bonds is 4. The van der Waals surface area contributed by atoms with Crippen LogP contribution in [-0.4, -0.2) is 40.4 Å². The summed E-state index contributed by atoms with van der Waals surface area (Å²) in [4.78, 5) is 23.5. The SMILES string of the molecule is CON(CCc1cnc[nH]1)C(=O)OC(C)(C)C. The second-order valence-corrected chi connectivity index (χ2v) is 4.59. The van der Waals surface area contributed by atoms with Gasteiger partial charge in [0.2, 0.25) is 0 Å². The summed E-state index contributed by atoms with van der Waals surface area (Å²) in [6, 6.07) is 0. The molecular weight excluding hydrogens is 222 g/mol. The number of hydroxylamine groups is 2. The van der Waals surface area contributed by atoms with Crippen LogP contribution in [0.3, 0.4) is 0 Å². The summed E-state index contributed by atoms with van der Waals surface area (Å²) < 4.78 is 5.20. The quantitative estimate of drug-likeness (QED) is 0.815. The van der Waals surface area contributed by atoms with Crippen LogP contribution in [0.15, 0.2) is 12.5 Å². The Hall–Kier alpha value is -1.56. The first kappa shape index (κ1) is 13.5. The molecule has 1 rings (SSSR count). The van der Waals surface area contributed by atoms with Crippen molar-refractivity contribution in [3.8, 4) is 0 Å². The van der Waals surface area contributed by atoms with E-state index in [1.165, 1.54) is 12.2 Å². The largest absolute Gasteiger partial charge is 0.442 e. The fourth-order valence-electron chi connectivity index (χ4n) is 1.21. The predicted octanol–water partition coefficient (Wildman–Crippen LogP) is 1.75. The first-order chi connectivity index (χ1) is 7.92. The third kappa shape index (κ3) is 4.86. The number of amides is 1. The molecule has 0 aliphatic rings. The molecule has 0 aliphatic heterocycles. The van der Waals surface area contributed by atoms with Crippen LogP contribution in [-0.2, 0) is 16.0 Å². The van der Waals surface area contributed by atoms with Gasteiger partial charge in [0.05, 0.1) is 20.0 Å². The van der Waals surface area contributed by atoms with Gasteiger partial charge >= 0.3 is 6.09 Å². The van der Waals surface area contributed by atoms with Crippen molar-refractivity contribution in [2.24, 2.45) is 0 Å². The van der Waals surface area contributed by atoms with Crippen molar-refractivity contribution in [3.05, 3.63) is 18.2 Å². The maximum Gasteiger partial charge on any atom is 0.434 e. The van der Waals surface area contributed by atoms with Crippen molar-refractivity contribution >= 4 is 6.09 Å².